The summed E-state index contributed by atoms with van der Waals surface area (Å²) in [7, 11) is -35.6. The first kappa shape index (κ1) is 37.1. The maximum Gasteiger partial charge on any atom is 0.299 e. The molecule has 0 fully saturated rings. The van der Waals surface area contributed by atoms with Crippen molar-refractivity contribution >= 4 is 106 Å². The van der Waals surface area contributed by atoms with Gasteiger partial charge in [0.25, 0.3) is 60.7 Å². The number of hydrogen-bond donors (Lipinski definition) is 6. The highest BCUT2D eigenvalue weighted by Gasteiger charge is 2.46. The summed E-state index contributed by atoms with van der Waals surface area (Å²) in [5.74, 6) is -3.40. The third-order valence-electron chi connectivity index (χ3n) is 4.74. The average molecular weight is 946 g/mol. The molecule has 2 aromatic rings. The third kappa shape index (κ3) is 6.79. The predicted molar refractivity (Wildman–Crippen MR) is 149 cm³/mol. The van der Waals surface area contributed by atoms with E-state index in [9.17, 15) is 77.8 Å². The fourth-order valence-corrected chi connectivity index (χ4v) is 14.1. The number of rotatable bonds is 9. The van der Waals surface area contributed by atoms with Gasteiger partial charge in [-0.15, -0.1) is 0 Å². The second kappa shape index (κ2) is 11.4. The van der Waals surface area contributed by atoms with Gasteiger partial charge in [0.05, 0.1) is 32.5 Å². The first-order valence-corrected chi connectivity index (χ1v) is 20.0. The van der Waals surface area contributed by atoms with Gasteiger partial charge in [-0.2, -0.15) is 50.5 Å². The van der Waals surface area contributed by atoms with Gasteiger partial charge >= 0.3 is 0 Å². The summed E-state index contributed by atoms with van der Waals surface area (Å²) in [5, 5.41) is 0. The molecule has 0 aromatic heterocycles. The van der Waals surface area contributed by atoms with Crippen LogP contribution < -0.4 is 9.47 Å². The first-order valence-electron chi connectivity index (χ1n) is 9.17. The van der Waals surface area contributed by atoms with Crippen LogP contribution in [0.4, 0.5) is 0 Å². The molecule has 0 amide bonds. The lowest BCUT2D eigenvalue weighted by atomic mass is 10.0. The Labute approximate surface area is 264 Å². The molecule has 0 aliphatic heterocycles. The number of methoxy groups -OCH3 is 2. The van der Waals surface area contributed by atoms with E-state index in [4.69, 9.17) is 9.47 Å². The highest BCUT2D eigenvalue weighted by Crippen LogP contribution is 2.54. The van der Waals surface area contributed by atoms with E-state index in [2.05, 4.69) is 0 Å². The molecule has 0 aliphatic rings. The van der Waals surface area contributed by atoms with E-state index < -0.39 is 120 Å². The van der Waals surface area contributed by atoms with Crippen molar-refractivity contribution in [3.8, 4) is 22.6 Å². The highest BCUT2D eigenvalue weighted by atomic mass is 127. The van der Waals surface area contributed by atoms with Crippen LogP contribution in [0.15, 0.2) is 29.4 Å². The molecule has 0 saturated carbocycles. The summed E-state index contributed by atoms with van der Waals surface area (Å²) in [4.78, 5) is -12.4. The molecule has 28 heteroatoms. The van der Waals surface area contributed by atoms with Crippen LogP contribution in [0, 0.1) is 7.14 Å². The summed E-state index contributed by atoms with van der Waals surface area (Å²) in [6.07, 6.45) is 0. The summed E-state index contributed by atoms with van der Waals surface area (Å²) >= 11 is 1.45. The molecule has 0 radical (unpaired) electrons. The SMILES string of the molecule is COc1c(-c2c(OC)c(S(=O)(=O)O)c(I)c(S(=O)(=O)O)c2S(=O)(=O)O)c(S(=O)(=O)O)c(S(=O)(=O)O)c(I)c1S(=O)(=O)O. The van der Waals surface area contributed by atoms with Crippen molar-refractivity contribution in [2.24, 2.45) is 0 Å². The lowest BCUT2D eigenvalue weighted by Gasteiger charge is -2.24. The van der Waals surface area contributed by atoms with Crippen LogP contribution in [-0.2, 0) is 60.7 Å². The predicted octanol–water partition coefficient (Wildman–Crippen LogP) is 0.0602. The minimum atomic E-state index is -6.26. The summed E-state index contributed by atoms with van der Waals surface area (Å²) < 4.78 is 215. The molecule has 238 valence electrons. The quantitative estimate of drug-likeness (QED) is 0.143. The molecule has 6 N–H and O–H groups in total. The molecule has 0 heterocycles. The second-order valence-electron chi connectivity index (χ2n) is 7.27. The van der Waals surface area contributed by atoms with Crippen molar-refractivity contribution in [2.45, 2.75) is 29.4 Å². The molecule has 0 bridgehead atoms. The van der Waals surface area contributed by atoms with E-state index in [0.29, 0.717) is 14.2 Å². The minimum Gasteiger partial charge on any atom is -0.495 e. The van der Waals surface area contributed by atoms with Gasteiger partial charge in [0.2, 0.25) is 0 Å². The number of benzene rings is 2. The lowest BCUT2D eigenvalue weighted by Crippen LogP contribution is -2.21. The second-order valence-corrected chi connectivity index (χ2v) is 17.6. The van der Waals surface area contributed by atoms with Crippen molar-refractivity contribution in [3.63, 3.8) is 0 Å². The third-order valence-corrected chi connectivity index (χ3v) is 14.1. The van der Waals surface area contributed by atoms with Gasteiger partial charge in [-0.25, -0.2) is 0 Å². The van der Waals surface area contributed by atoms with Crippen molar-refractivity contribution in [1.82, 2.24) is 0 Å². The van der Waals surface area contributed by atoms with Crippen LogP contribution in [0.3, 0.4) is 0 Å². The van der Waals surface area contributed by atoms with Crippen LogP contribution >= 0.6 is 45.2 Å². The molecule has 2 aromatic carbocycles. The van der Waals surface area contributed by atoms with Gasteiger partial charge < -0.3 is 9.47 Å². The molecule has 0 atom stereocenters. The van der Waals surface area contributed by atoms with Gasteiger partial charge in [-0.1, -0.05) is 0 Å². The standard InChI is InChI=1S/C14H12I2O20S6/c1-35-7-3(9(37(17,18)19)13(41(29,30)31)5(15)11(7)39(23,24)25)4-8(36-2)12(40(26,27)28)6(16)14(42(32,33)34)10(4)38(20,21)22/h1-2H3,(H,17,18,19)(H,20,21,22)(H,23,24,25)(H,26,27,28)(H,29,30,31)(H,32,33,34). The summed E-state index contributed by atoms with van der Waals surface area (Å²) in [6, 6.07) is 0. The Hall–Kier alpha value is -1.04. The molecule has 0 unspecified atom stereocenters. The molecule has 20 nitrogen and oxygen atoms in total. The molecule has 42 heavy (non-hydrogen) atoms. The number of hydrogen-bond acceptors (Lipinski definition) is 14. The van der Waals surface area contributed by atoms with Crippen LogP contribution in [0.2, 0.25) is 0 Å². The Balaban J connectivity index is 4.03. The Morgan fingerprint density at radius 2 is 0.595 bits per heavy atom. The Morgan fingerprint density at radius 3 is 0.738 bits per heavy atom. The van der Waals surface area contributed by atoms with Crippen molar-refractivity contribution in [2.75, 3.05) is 14.2 Å². The molecule has 2 rings (SSSR count). The van der Waals surface area contributed by atoms with Crippen LogP contribution in [-0.4, -0.2) is 92.0 Å². The van der Waals surface area contributed by atoms with Gasteiger partial charge in [-0.05, 0) is 45.2 Å². The Morgan fingerprint density at radius 1 is 0.405 bits per heavy atom. The smallest absolute Gasteiger partial charge is 0.299 e. The zero-order valence-electron chi connectivity index (χ0n) is 19.6. The molecular weight excluding hydrogens is 934 g/mol. The van der Waals surface area contributed by atoms with E-state index in [1.165, 1.54) is 0 Å². The zero-order valence-corrected chi connectivity index (χ0v) is 28.8. The summed E-state index contributed by atoms with van der Waals surface area (Å²) in [6.45, 7) is 0. The Bertz CT molecular complexity index is 2040. The van der Waals surface area contributed by atoms with Gasteiger partial charge in [-0.3, -0.25) is 27.3 Å². The van der Waals surface area contributed by atoms with E-state index in [1.807, 2.05) is 0 Å². The monoisotopic (exact) mass is 946 g/mol. The molecule has 0 saturated heterocycles. The topological polar surface area (TPSA) is 345 Å². The fourth-order valence-electron chi connectivity index (χ4n) is 3.52. The maximum atomic E-state index is 12.6. The van der Waals surface area contributed by atoms with Gasteiger partial charge in [0.1, 0.15) is 19.6 Å². The normalized spacial score (nSPS) is 13.7. The van der Waals surface area contributed by atoms with Crippen molar-refractivity contribution in [1.29, 1.82) is 0 Å². The maximum absolute atomic E-state index is 12.6. The number of halogens is 2. The van der Waals surface area contributed by atoms with E-state index in [0.717, 1.165) is 45.2 Å². The van der Waals surface area contributed by atoms with Crippen LogP contribution in [0.5, 0.6) is 11.5 Å². The molecule has 0 aliphatic carbocycles. The lowest BCUT2D eigenvalue weighted by molar-refractivity contribution is 0.385. The first-order chi connectivity index (χ1) is 18.5. The zero-order chi connectivity index (χ0) is 33.3. The van der Waals surface area contributed by atoms with Crippen LogP contribution in [0.25, 0.3) is 11.1 Å². The highest BCUT2D eigenvalue weighted by molar-refractivity contribution is 14.1. The average Bonchev–Trinajstić information content (AvgIpc) is 2.72. The largest absolute Gasteiger partial charge is 0.495 e. The van der Waals surface area contributed by atoms with Crippen LogP contribution in [0.1, 0.15) is 0 Å². The van der Waals surface area contributed by atoms with Gasteiger partial charge in [0.15, 0.2) is 21.3 Å². The van der Waals surface area contributed by atoms with E-state index in [-0.39, 0.29) is 0 Å². The van der Waals surface area contributed by atoms with Crippen molar-refractivity contribution < 1.29 is 87.3 Å². The molecular formula is C14H12I2O20S6. The van der Waals surface area contributed by atoms with E-state index >= 15 is 0 Å². The minimum absolute atomic E-state index is 0.449. The van der Waals surface area contributed by atoms with Crippen molar-refractivity contribution in [3.05, 3.63) is 7.14 Å². The van der Waals surface area contributed by atoms with E-state index in [1.54, 1.807) is 0 Å². The molecule has 0 spiro atoms. The Kier molecular flexibility index (Phi) is 10.1. The summed E-state index contributed by atoms with van der Waals surface area (Å²) in [5.41, 5.74) is -4.01. The number of ether oxygens (including phenoxy) is 2. The fraction of sp³-hybridized carbons (Fsp3) is 0.143. The van der Waals surface area contributed by atoms with Gasteiger partial charge in [0, 0.05) is 0 Å².